The largest absolute Gasteiger partial charge is 0.217 e. The lowest BCUT2D eigenvalue weighted by atomic mass is 10.2. The highest BCUT2D eigenvalue weighted by atomic mass is 35.5. The zero-order valence-corrected chi connectivity index (χ0v) is 11.8. The molecule has 2 nitrogen and oxygen atoms in total. The van der Waals surface area contributed by atoms with Crippen LogP contribution in [0.1, 0.15) is 11.4 Å². The second-order valence-electron chi connectivity index (χ2n) is 3.64. The Hall–Kier alpha value is -0.840. The molecular formula is C12H9Cl2FN2S. The third-order valence-corrected chi connectivity index (χ3v) is 3.66. The average Bonchev–Trinajstić information content (AvgIpc) is 2.33. The van der Waals surface area contributed by atoms with Crippen molar-refractivity contribution in [1.29, 1.82) is 0 Å². The molecule has 0 bridgehead atoms. The summed E-state index contributed by atoms with van der Waals surface area (Å²) in [5, 5.41) is -0.482. The van der Waals surface area contributed by atoms with Crippen LogP contribution in [0.25, 0.3) is 0 Å². The van der Waals surface area contributed by atoms with Gasteiger partial charge in [-0.2, -0.15) is 0 Å². The molecular weight excluding hydrogens is 294 g/mol. The third kappa shape index (κ3) is 3.34. The lowest BCUT2D eigenvalue weighted by molar-refractivity contribution is 0.612. The molecule has 0 aliphatic carbocycles. The minimum atomic E-state index is -0.775. The second kappa shape index (κ2) is 5.87. The van der Waals surface area contributed by atoms with Gasteiger partial charge in [0.2, 0.25) is 0 Å². The number of benzene rings is 1. The number of aryl methyl sites for hydroxylation is 1. The van der Waals surface area contributed by atoms with E-state index in [4.69, 9.17) is 23.2 Å². The molecule has 1 aromatic carbocycles. The van der Waals surface area contributed by atoms with Gasteiger partial charge in [-0.1, -0.05) is 40.9 Å². The first-order valence-electron chi connectivity index (χ1n) is 5.13. The zero-order valence-electron chi connectivity index (χ0n) is 9.45. The van der Waals surface area contributed by atoms with E-state index in [0.717, 1.165) is 4.90 Å². The van der Waals surface area contributed by atoms with Crippen molar-refractivity contribution in [3.8, 4) is 0 Å². The van der Waals surface area contributed by atoms with Gasteiger partial charge in [0.1, 0.15) is 5.82 Å². The molecule has 1 aromatic heterocycles. The standard InChI is InChI=1S/C12H9Cl2FN2S/c1-7-3-2-4-8(5-7)18-6-9-16-11(13)10(15)12(14)17-9/h2-5H,6H2,1H3. The summed E-state index contributed by atoms with van der Waals surface area (Å²) >= 11 is 12.8. The maximum atomic E-state index is 13.1. The Morgan fingerprint density at radius 3 is 2.50 bits per heavy atom. The SMILES string of the molecule is Cc1cccc(SCc2nc(Cl)c(F)c(Cl)n2)c1. The van der Waals surface area contributed by atoms with Gasteiger partial charge in [-0.15, -0.1) is 11.8 Å². The summed E-state index contributed by atoms with van der Waals surface area (Å²) in [5.41, 5.74) is 1.18. The minimum absolute atomic E-state index is 0.241. The fraction of sp³-hybridized carbons (Fsp3) is 0.167. The number of nitrogens with zero attached hydrogens (tertiary/aromatic N) is 2. The van der Waals surface area contributed by atoms with Gasteiger partial charge in [0.25, 0.3) is 0 Å². The van der Waals surface area contributed by atoms with Gasteiger partial charge in [0.05, 0.1) is 5.75 Å². The highest BCUT2D eigenvalue weighted by Gasteiger charge is 2.11. The highest BCUT2D eigenvalue weighted by molar-refractivity contribution is 7.98. The van der Waals surface area contributed by atoms with Gasteiger partial charge >= 0.3 is 0 Å². The fourth-order valence-electron chi connectivity index (χ4n) is 1.35. The van der Waals surface area contributed by atoms with E-state index in [9.17, 15) is 4.39 Å². The molecule has 94 valence electrons. The molecule has 0 aliphatic heterocycles. The lowest BCUT2D eigenvalue weighted by Gasteiger charge is -2.03. The Bertz CT molecular complexity index is 555. The molecule has 0 N–H and O–H groups in total. The van der Waals surface area contributed by atoms with Crippen LogP contribution in [-0.2, 0) is 5.75 Å². The van der Waals surface area contributed by atoms with Crippen molar-refractivity contribution in [1.82, 2.24) is 9.97 Å². The van der Waals surface area contributed by atoms with Gasteiger partial charge < -0.3 is 0 Å². The molecule has 0 atom stereocenters. The van der Waals surface area contributed by atoms with Crippen molar-refractivity contribution in [2.45, 2.75) is 17.6 Å². The molecule has 0 amide bonds. The predicted octanol–water partition coefficient (Wildman–Crippen LogP) is 4.52. The monoisotopic (exact) mass is 302 g/mol. The van der Waals surface area contributed by atoms with Crippen molar-refractivity contribution in [2.24, 2.45) is 0 Å². The number of thioether (sulfide) groups is 1. The van der Waals surface area contributed by atoms with E-state index in [-0.39, 0.29) is 10.3 Å². The summed E-state index contributed by atoms with van der Waals surface area (Å²) in [6.45, 7) is 2.02. The van der Waals surface area contributed by atoms with Crippen LogP contribution in [0, 0.1) is 12.7 Å². The minimum Gasteiger partial charge on any atom is -0.217 e. The first-order chi connectivity index (χ1) is 8.56. The van der Waals surface area contributed by atoms with Crippen molar-refractivity contribution in [2.75, 3.05) is 0 Å². The van der Waals surface area contributed by atoms with E-state index in [1.165, 1.54) is 5.56 Å². The van der Waals surface area contributed by atoms with Gasteiger partial charge in [0.15, 0.2) is 16.1 Å². The summed E-state index contributed by atoms with van der Waals surface area (Å²) in [6.07, 6.45) is 0. The Morgan fingerprint density at radius 2 is 1.89 bits per heavy atom. The maximum Gasteiger partial charge on any atom is 0.197 e. The van der Waals surface area contributed by atoms with E-state index >= 15 is 0 Å². The summed E-state index contributed by atoms with van der Waals surface area (Å²) in [4.78, 5) is 8.78. The molecule has 0 unspecified atom stereocenters. The Labute approximate surface area is 119 Å². The molecule has 2 rings (SSSR count). The zero-order chi connectivity index (χ0) is 13.1. The third-order valence-electron chi connectivity index (χ3n) is 2.17. The highest BCUT2D eigenvalue weighted by Crippen LogP contribution is 2.25. The average molecular weight is 303 g/mol. The van der Waals surface area contributed by atoms with Crippen LogP contribution >= 0.6 is 35.0 Å². The molecule has 0 radical (unpaired) electrons. The van der Waals surface area contributed by atoms with Gasteiger partial charge in [0, 0.05) is 4.90 Å². The molecule has 0 saturated carbocycles. The number of hydrogen-bond acceptors (Lipinski definition) is 3. The Kier molecular flexibility index (Phi) is 4.43. The fourth-order valence-corrected chi connectivity index (χ4v) is 2.64. The molecule has 0 spiro atoms. The summed E-state index contributed by atoms with van der Waals surface area (Å²) in [7, 11) is 0. The number of aromatic nitrogens is 2. The van der Waals surface area contributed by atoms with E-state index in [0.29, 0.717) is 11.6 Å². The van der Waals surface area contributed by atoms with Crippen LogP contribution in [0.5, 0.6) is 0 Å². The van der Waals surface area contributed by atoms with E-state index < -0.39 is 5.82 Å². The topological polar surface area (TPSA) is 25.8 Å². The van der Waals surface area contributed by atoms with Gasteiger partial charge in [-0.05, 0) is 19.1 Å². The van der Waals surface area contributed by atoms with Crippen LogP contribution < -0.4 is 0 Å². The molecule has 0 fully saturated rings. The lowest BCUT2D eigenvalue weighted by Crippen LogP contribution is -1.97. The maximum absolute atomic E-state index is 13.1. The molecule has 6 heteroatoms. The van der Waals surface area contributed by atoms with E-state index in [2.05, 4.69) is 16.0 Å². The Balaban J connectivity index is 2.11. The molecule has 0 aliphatic rings. The van der Waals surface area contributed by atoms with Crippen LogP contribution in [-0.4, -0.2) is 9.97 Å². The van der Waals surface area contributed by atoms with Crippen LogP contribution in [0.15, 0.2) is 29.2 Å². The summed E-state index contributed by atoms with van der Waals surface area (Å²) in [5.74, 6) is 0.129. The van der Waals surface area contributed by atoms with E-state index in [1.807, 2.05) is 25.1 Å². The van der Waals surface area contributed by atoms with E-state index in [1.54, 1.807) is 11.8 Å². The van der Waals surface area contributed by atoms with Crippen molar-refractivity contribution >= 4 is 35.0 Å². The van der Waals surface area contributed by atoms with Crippen molar-refractivity contribution in [3.63, 3.8) is 0 Å². The summed E-state index contributed by atoms with van der Waals surface area (Å²) in [6, 6.07) is 8.04. The van der Waals surface area contributed by atoms with Gasteiger partial charge in [-0.25, -0.2) is 14.4 Å². The van der Waals surface area contributed by atoms with Crippen molar-refractivity contribution in [3.05, 3.63) is 51.8 Å². The first-order valence-corrected chi connectivity index (χ1v) is 6.87. The van der Waals surface area contributed by atoms with Gasteiger partial charge in [-0.3, -0.25) is 0 Å². The number of rotatable bonds is 3. The molecule has 18 heavy (non-hydrogen) atoms. The number of hydrogen-bond donors (Lipinski definition) is 0. The number of halogens is 3. The van der Waals surface area contributed by atoms with Crippen molar-refractivity contribution < 1.29 is 4.39 Å². The Morgan fingerprint density at radius 1 is 1.22 bits per heavy atom. The van der Waals surface area contributed by atoms with Crippen LogP contribution in [0.3, 0.4) is 0 Å². The molecule has 2 aromatic rings. The van der Waals surface area contributed by atoms with Crippen LogP contribution in [0.4, 0.5) is 4.39 Å². The molecule has 0 saturated heterocycles. The first kappa shape index (κ1) is 13.6. The smallest absolute Gasteiger partial charge is 0.197 e. The predicted molar refractivity (Wildman–Crippen MR) is 72.8 cm³/mol. The quantitative estimate of drug-likeness (QED) is 0.615. The normalized spacial score (nSPS) is 10.7. The second-order valence-corrected chi connectivity index (χ2v) is 5.41. The summed E-state index contributed by atoms with van der Waals surface area (Å²) < 4.78 is 13.1. The van der Waals surface area contributed by atoms with Crippen LogP contribution in [0.2, 0.25) is 10.3 Å². The molecule has 1 heterocycles.